The SMILES string of the molecule is OC[C@H]1SC[C@H](O)[C@@H](O)[C@H]1O. The molecule has 0 radical (unpaired) electrons. The predicted molar refractivity (Wildman–Crippen MR) is 41.4 cm³/mol. The van der Waals surface area contributed by atoms with Crippen LogP contribution in [0.5, 0.6) is 0 Å². The van der Waals surface area contributed by atoms with Crippen LogP contribution < -0.4 is 0 Å². The Morgan fingerprint density at radius 1 is 1.18 bits per heavy atom. The van der Waals surface area contributed by atoms with Crippen molar-refractivity contribution in [3.8, 4) is 0 Å². The zero-order valence-electron chi connectivity index (χ0n) is 5.92. The summed E-state index contributed by atoms with van der Waals surface area (Å²) in [6.07, 6.45) is -3.01. The van der Waals surface area contributed by atoms with Gasteiger partial charge in [0.15, 0.2) is 0 Å². The molecule has 0 amide bonds. The third-order valence-electron chi connectivity index (χ3n) is 1.79. The van der Waals surface area contributed by atoms with Crippen LogP contribution in [-0.4, -0.2) is 56.3 Å². The van der Waals surface area contributed by atoms with E-state index in [9.17, 15) is 5.11 Å². The summed E-state index contributed by atoms with van der Waals surface area (Å²) in [7, 11) is 0. The molecule has 0 bridgehead atoms. The predicted octanol–water partition coefficient (Wildman–Crippen LogP) is -1.82. The fraction of sp³-hybridized carbons (Fsp3) is 1.00. The van der Waals surface area contributed by atoms with Gasteiger partial charge in [-0.15, -0.1) is 0 Å². The molecule has 4 N–H and O–H groups in total. The van der Waals surface area contributed by atoms with Gasteiger partial charge >= 0.3 is 0 Å². The Labute approximate surface area is 68.9 Å². The van der Waals surface area contributed by atoms with Crippen molar-refractivity contribution in [3.05, 3.63) is 0 Å². The standard InChI is InChI=1S/C6H12O4S/c7-1-4-6(10)5(9)3(8)2-11-4/h3-10H,1-2H2/t3-,4+,5+,6-/m0/s1. The van der Waals surface area contributed by atoms with E-state index in [1.807, 2.05) is 0 Å². The summed E-state index contributed by atoms with van der Waals surface area (Å²) in [5, 5.41) is 35.7. The van der Waals surface area contributed by atoms with E-state index < -0.39 is 18.3 Å². The van der Waals surface area contributed by atoms with Crippen molar-refractivity contribution in [2.45, 2.75) is 23.6 Å². The molecule has 0 saturated carbocycles. The van der Waals surface area contributed by atoms with Crippen LogP contribution in [0, 0.1) is 0 Å². The molecule has 0 spiro atoms. The van der Waals surface area contributed by atoms with Gasteiger partial charge < -0.3 is 20.4 Å². The smallest absolute Gasteiger partial charge is 0.108 e. The molecule has 0 unspecified atom stereocenters. The lowest BCUT2D eigenvalue weighted by Crippen LogP contribution is -2.49. The van der Waals surface area contributed by atoms with Gasteiger partial charge in [0.05, 0.1) is 24.1 Å². The van der Waals surface area contributed by atoms with Gasteiger partial charge in [0.25, 0.3) is 0 Å². The fourth-order valence-corrected chi connectivity index (χ4v) is 2.13. The van der Waals surface area contributed by atoms with Gasteiger partial charge in [-0.2, -0.15) is 11.8 Å². The second-order valence-electron chi connectivity index (χ2n) is 2.60. The second kappa shape index (κ2) is 3.73. The molecule has 66 valence electrons. The maximum atomic E-state index is 9.22. The Morgan fingerprint density at radius 2 is 1.82 bits per heavy atom. The van der Waals surface area contributed by atoms with Crippen LogP contribution in [0.15, 0.2) is 0 Å². The number of hydrogen-bond donors (Lipinski definition) is 4. The molecular formula is C6H12O4S. The van der Waals surface area contributed by atoms with Gasteiger partial charge in [-0.05, 0) is 0 Å². The molecular weight excluding hydrogens is 168 g/mol. The highest BCUT2D eigenvalue weighted by Gasteiger charge is 2.36. The average Bonchev–Trinajstić information content (AvgIpc) is 2.01. The highest BCUT2D eigenvalue weighted by atomic mass is 32.2. The quantitative estimate of drug-likeness (QED) is 0.382. The molecule has 1 aliphatic rings. The van der Waals surface area contributed by atoms with E-state index in [1.165, 1.54) is 11.8 Å². The van der Waals surface area contributed by atoms with E-state index >= 15 is 0 Å². The van der Waals surface area contributed by atoms with Crippen molar-refractivity contribution >= 4 is 11.8 Å². The molecule has 1 rings (SSSR count). The zero-order valence-corrected chi connectivity index (χ0v) is 6.74. The first-order valence-electron chi connectivity index (χ1n) is 3.43. The van der Waals surface area contributed by atoms with Crippen LogP contribution in [-0.2, 0) is 0 Å². The number of hydrogen-bond acceptors (Lipinski definition) is 5. The third kappa shape index (κ3) is 1.86. The van der Waals surface area contributed by atoms with Crippen LogP contribution in [0.2, 0.25) is 0 Å². The monoisotopic (exact) mass is 180 g/mol. The molecule has 1 heterocycles. The minimum absolute atomic E-state index is 0.171. The van der Waals surface area contributed by atoms with Gasteiger partial charge in [0.1, 0.15) is 6.10 Å². The van der Waals surface area contributed by atoms with E-state index in [-0.39, 0.29) is 11.9 Å². The van der Waals surface area contributed by atoms with Crippen LogP contribution in [0.4, 0.5) is 0 Å². The lowest BCUT2D eigenvalue weighted by atomic mass is 10.1. The summed E-state index contributed by atoms with van der Waals surface area (Å²) < 4.78 is 0. The van der Waals surface area contributed by atoms with E-state index in [1.54, 1.807) is 0 Å². The molecule has 0 aliphatic carbocycles. The average molecular weight is 180 g/mol. The van der Waals surface area contributed by atoms with Crippen LogP contribution >= 0.6 is 11.8 Å². The minimum Gasteiger partial charge on any atom is -0.395 e. The van der Waals surface area contributed by atoms with Gasteiger partial charge in [-0.25, -0.2) is 0 Å². The van der Waals surface area contributed by atoms with Crippen LogP contribution in [0.1, 0.15) is 0 Å². The molecule has 11 heavy (non-hydrogen) atoms. The molecule has 1 saturated heterocycles. The Balaban J connectivity index is 2.52. The number of rotatable bonds is 1. The third-order valence-corrected chi connectivity index (χ3v) is 3.18. The maximum Gasteiger partial charge on any atom is 0.108 e. The minimum atomic E-state index is -1.12. The first-order valence-corrected chi connectivity index (χ1v) is 4.48. The number of aliphatic hydroxyl groups excluding tert-OH is 4. The van der Waals surface area contributed by atoms with Crippen molar-refractivity contribution in [3.63, 3.8) is 0 Å². The molecule has 0 aromatic carbocycles. The molecule has 1 aliphatic heterocycles. The molecule has 5 heteroatoms. The van der Waals surface area contributed by atoms with Gasteiger partial charge in [-0.1, -0.05) is 0 Å². The summed E-state index contributed by atoms with van der Waals surface area (Å²) in [4.78, 5) is 0. The summed E-state index contributed by atoms with van der Waals surface area (Å²) >= 11 is 1.27. The van der Waals surface area contributed by atoms with E-state index in [0.717, 1.165) is 0 Å². The van der Waals surface area contributed by atoms with E-state index in [0.29, 0.717) is 5.75 Å². The van der Waals surface area contributed by atoms with E-state index in [4.69, 9.17) is 15.3 Å². The highest BCUT2D eigenvalue weighted by molar-refractivity contribution is 8.00. The van der Waals surface area contributed by atoms with Crippen LogP contribution in [0.25, 0.3) is 0 Å². The maximum absolute atomic E-state index is 9.22. The Morgan fingerprint density at radius 3 is 2.36 bits per heavy atom. The van der Waals surface area contributed by atoms with Gasteiger partial charge in [-0.3, -0.25) is 0 Å². The van der Waals surface area contributed by atoms with Gasteiger partial charge in [0, 0.05) is 5.75 Å². The Bertz CT molecular complexity index is 130. The second-order valence-corrected chi connectivity index (χ2v) is 3.88. The Kier molecular flexibility index (Phi) is 3.15. The van der Waals surface area contributed by atoms with Crippen molar-refractivity contribution in [1.82, 2.24) is 0 Å². The normalized spacial score (nSPS) is 45.8. The molecule has 0 aromatic heterocycles. The Hall–Kier alpha value is 0.190. The first kappa shape index (κ1) is 9.28. The van der Waals surface area contributed by atoms with E-state index in [2.05, 4.69) is 0 Å². The largest absolute Gasteiger partial charge is 0.395 e. The fourth-order valence-electron chi connectivity index (χ4n) is 1.03. The summed E-state index contributed by atoms with van der Waals surface area (Å²) in [5.74, 6) is 0.365. The van der Waals surface area contributed by atoms with Crippen molar-refractivity contribution < 1.29 is 20.4 Å². The highest BCUT2D eigenvalue weighted by Crippen LogP contribution is 2.25. The van der Waals surface area contributed by atoms with Crippen molar-refractivity contribution in [2.75, 3.05) is 12.4 Å². The molecule has 4 nitrogen and oxygen atoms in total. The molecule has 4 atom stereocenters. The number of aliphatic hydroxyl groups is 4. The zero-order chi connectivity index (χ0) is 8.43. The molecule has 0 aromatic rings. The van der Waals surface area contributed by atoms with Crippen molar-refractivity contribution in [1.29, 1.82) is 0 Å². The topological polar surface area (TPSA) is 80.9 Å². The summed E-state index contributed by atoms with van der Waals surface area (Å²) in [6, 6.07) is 0. The van der Waals surface area contributed by atoms with Crippen LogP contribution in [0.3, 0.4) is 0 Å². The number of thioether (sulfide) groups is 1. The summed E-state index contributed by atoms with van der Waals surface area (Å²) in [5.41, 5.74) is 0. The van der Waals surface area contributed by atoms with Crippen molar-refractivity contribution in [2.24, 2.45) is 0 Å². The van der Waals surface area contributed by atoms with Gasteiger partial charge in [0.2, 0.25) is 0 Å². The summed E-state index contributed by atoms with van der Waals surface area (Å²) in [6.45, 7) is -0.171. The lowest BCUT2D eigenvalue weighted by molar-refractivity contribution is -0.0595. The first-order chi connectivity index (χ1) is 5.16. The lowest BCUT2D eigenvalue weighted by Gasteiger charge is -2.33. The molecule has 1 fully saturated rings.